The minimum absolute atomic E-state index is 0. The number of hydrogen-bond donors (Lipinski definition) is 1. The van der Waals surface area contributed by atoms with Crippen molar-refractivity contribution in [3.8, 4) is 0 Å². The molecule has 1 aromatic rings. The molecule has 1 aliphatic rings. The molecule has 1 fully saturated rings. The van der Waals surface area contributed by atoms with Crippen molar-refractivity contribution in [2.75, 3.05) is 13.1 Å². The van der Waals surface area contributed by atoms with E-state index in [0.717, 1.165) is 25.0 Å². The quantitative estimate of drug-likeness (QED) is 0.904. The van der Waals surface area contributed by atoms with Gasteiger partial charge in [0.2, 0.25) is 5.91 Å². The Morgan fingerprint density at radius 2 is 2.00 bits per heavy atom. The molecule has 3 nitrogen and oxygen atoms in total. The zero-order valence-corrected chi connectivity index (χ0v) is 11.3. The molecule has 0 bridgehead atoms. The SMILES string of the molecule is Cl.NC1CCCN(C(=O)Cc2c(F)cccc2F)C1. The second kappa shape index (κ2) is 6.82. The van der Waals surface area contributed by atoms with Gasteiger partial charge in [0.1, 0.15) is 11.6 Å². The first-order chi connectivity index (χ1) is 8.58. The normalized spacial score (nSPS) is 18.9. The standard InChI is InChI=1S/C13H16F2N2O.ClH/c14-11-4-1-5-12(15)10(11)7-13(18)17-6-2-3-9(16)8-17;/h1,4-5,9H,2-3,6-8,16H2;1H. The van der Waals surface area contributed by atoms with Crippen LogP contribution < -0.4 is 5.73 Å². The fraction of sp³-hybridized carbons (Fsp3) is 0.462. The number of nitrogens with two attached hydrogens (primary N) is 1. The number of halogens is 3. The summed E-state index contributed by atoms with van der Waals surface area (Å²) in [5.74, 6) is -1.62. The van der Waals surface area contributed by atoms with Crippen molar-refractivity contribution >= 4 is 18.3 Å². The minimum Gasteiger partial charge on any atom is -0.341 e. The summed E-state index contributed by atoms with van der Waals surface area (Å²) in [6.45, 7) is 1.08. The lowest BCUT2D eigenvalue weighted by molar-refractivity contribution is -0.131. The van der Waals surface area contributed by atoms with E-state index in [0.29, 0.717) is 13.1 Å². The molecular formula is C13H17ClF2N2O. The van der Waals surface area contributed by atoms with Gasteiger partial charge in [-0.05, 0) is 25.0 Å². The van der Waals surface area contributed by atoms with Crippen LogP contribution in [-0.4, -0.2) is 29.9 Å². The smallest absolute Gasteiger partial charge is 0.227 e. The maximum Gasteiger partial charge on any atom is 0.227 e. The number of benzene rings is 1. The largest absolute Gasteiger partial charge is 0.341 e. The third-order valence-electron chi connectivity index (χ3n) is 3.20. The minimum atomic E-state index is -0.676. The molecule has 1 saturated heterocycles. The van der Waals surface area contributed by atoms with Gasteiger partial charge in [0.25, 0.3) is 0 Å². The van der Waals surface area contributed by atoms with Crippen LogP contribution in [0.2, 0.25) is 0 Å². The molecule has 1 unspecified atom stereocenters. The van der Waals surface area contributed by atoms with Crippen LogP contribution in [0.15, 0.2) is 18.2 Å². The summed E-state index contributed by atoms with van der Waals surface area (Å²) in [4.78, 5) is 13.5. The number of carbonyl (C=O) groups is 1. The molecular weight excluding hydrogens is 274 g/mol. The Balaban J connectivity index is 0.00000180. The van der Waals surface area contributed by atoms with Crippen molar-refractivity contribution in [3.05, 3.63) is 35.4 Å². The molecule has 2 N–H and O–H groups in total. The van der Waals surface area contributed by atoms with E-state index < -0.39 is 11.6 Å². The zero-order chi connectivity index (χ0) is 13.1. The van der Waals surface area contributed by atoms with Crippen LogP contribution in [0.3, 0.4) is 0 Å². The first kappa shape index (κ1) is 15.9. The fourth-order valence-electron chi connectivity index (χ4n) is 2.20. The molecule has 1 amide bonds. The maximum absolute atomic E-state index is 13.4. The van der Waals surface area contributed by atoms with Gasteiger partial charge in [0.05, 0.1) is 6.42 Å². The van der Waals surface area contributed by atoms with Crippen LogP contribution in [-0.2, 0) is 11.2 Å². The number of carbonyl (C=O) groups excluding carboxylic acids is 1. The van der Waals surface area contributed by atoms with Crippen LogP contribution in [0.5, 0.6) is 0 Å². The summed E-state index contributed by atoms with van der Waals surface area (Å²) < 4.78 is 26.8. The Morgan fingerprint density at radius 1 is 1.37 bits per heavy atom. The van der Waals surface area contributed by atoms with Crippen LogP contribution in [0, 0.1) is 11.6 Å². The van der Waals surface area contributed by atoms with Crippen LogP contribution >= 0.6 is 12.4 Å². The summed E-state index contributed by atoms with van der Waals surface area (Å²) in [6, 6.07) is 3.57. The Labute approximate surface area is 117 Å². The van der Waals surface area contributed by atoms with E-state index in [1.807, 2.05) is 0 Å². The average Bonchev–Trinajstić information content (AvgIpc) is 2.34. The van der Waals surface area contributed by atoms with E-state index in [1.165, 1.54) is 6.07 Å². The number of hydrogen-bond acceptors (Lipinski definition) is 2. The molecule has 6 heteroatoms. The highest BCUT2D eigenvalue weighted by Crippen LogP contribution is 2.15. The summed E-state index contributed by atoms with van der Waals surface area (Å²) >= 11 is 0. The van der Waals surface area contributed by atoms with Gasteiger partial charge in [0.15, 0.2) is 0 Å². The predicted octanol–water partition coefficient (Wildman–Crippen LogP) is 1.88. The van der Waals surface area contributed by atoms with E-state index in [4.69, 9.17) is 5.73 Å². The molecule has 0 radical (unpaired) electrons. The van der Waals surface area contributed by atoms with Crippen molar-refractivity contribution in [2.24, 2.45) is 5.73 Å². The van der Waals surface area contributed by atoms with E-state index in [9.17, 15) is 13.6 Å². The lowest BCUT2D eigenvalue weighted by Crippen LogP contribution is -2.46. The number of rotatable bonds is 2. The van der Waals surface area contributed by atoms with Gasteiger partial charge in [-0.3, -0.25) is 4.79 Å². The summed E-state index contributed by atoms with van der Waals surface area (Å²) in [5, 5.41) is 0. The van der Waals surface area contributed by atoms with E-state index in [-0.39, 0.29) is 36.3 Å². The highest BCUT2D eigenvalue weighted by Gasteiger charge is 2.23. The molecule has 2 rings (SSSR count). The maximum atomic E-state index is 13.4. The van der Waals surface area contributed by atoms with Crippen molar-refractivity contribution in [1.82, 2.24) is 4.90 Å². The van der Waals surface area contributed by atoms with Crippen LogP contribution in [0.1, 0.15) is 18.4 Å². The monoisotopic (exact) mass is 290 g/mol. The van der Waals surface area contributed by atoms with Gasteiger partial charge in [-0.1, -0.05) is 6.07 Å². The Kier molecular flexibility index (Phi) is 5.69. The van der Waals surface area contributed by atoms with Crippen molar-refractivity contribution in [3.63, 3.8) is 0 Å². The fourth-order valence-corrected chi connectivity index (χ4v) is 2.20. The number of piperidine rings is 1. The molecule has 19 heavy (non-hydrogen) atoms. The highest BCUT2D eigenvalue weighted by atomic mass is 35.5. The zero-order valence-electron chi connectivity index (χ0n) is 10.4. The van der Waals surface area contributed by atoms with Gasteiger partial charge in [-0.15, -0.1) is 12.4 Å². The van der Waals surface area contributed by atoms with E-state index in [1.54, 1.807) is 4.90 Å². The first-order valence-electron chi connectivity index (χ1n) is 6.04. The molecule has 1 atom stereocenters. The second-order valence-electron chi connectivity index (χ2n) is 4.62. The number of nitrogens with zero attached hydrogens (tertiary/aromatic N) is 1. The predicted molar refractivity (Wildman–Crippen MR) is 71.1 cm³/mol. The summed E-state index contributed by atoms with van der Waals surface area (Å²) in [7, 11) is 0. The molecule has 0 aromatic heterocycles. The van der Waals surface area contributed by atoms with Crippen LogP contribution in [0.25, 0.3) is 0 Å². The molecule has 106 valence electrons. The van der Waals surface area contributed by atoms with Gasteiger partial charge in [0, 0.05) is 24.7 Å². The Hall–Kier alpha value is -1.20. The molecule has 0 spiro atoms. The Morgan fingerprint density at radius 3 is 2.58 bits per heavy atom. The summed E-state index contributed by atoms with van der Waals surface area (Å²) in [6.07, 6.45) is 1.48. The third kappa shape index (κ3) is 3.88. The lowest BCUT2D eigenvalue weighted by atomic mass is 10.0. The molecule has 0 aliphatic carbocycles. The number of amides is 1. The van der Waals surface area contributed by atoms with Crippen molar-refractivity contribution in [2.45, 2.75) is 25.3 Å². The lowest BCUT2D eigenvalue weighted by Gasteiger charge is -2.30. The van der Waals surface area contributed by atoms with E-state index in [2.05, 4.69) is 0 Å². The topological polar surface area (TPSA) is 46.3 Å². The van der Waals surface area contributed by atoms with Crippen molar-refractivity contribution < 1.29 is 13.6 Å². The highest BCUT2D eigenvalue weighted by molar-refractivity contribution is 5.85. The molecule has 1 heterocycles. The molecule has 0 saturated carbocycles. The number of likely N-dealkylation sites (tertiary alicyclic amines) is 1. The molecule has 1 aromatic carbocycles. The summed E-state index contributed by atoms with van der Waals surface area (Å²) in [5.41, 5.74) is 5.61. The van der Waals surface area contributed by atoms with Crippen LogP contribution in [0.4, 0.5) is 8.78 Å². The first-order valence-corrected chi connectivity index (χ1v) is 6.04. The van der Waals surface area contributed by atoms with Gasteiger partial charge >= 0.3 is 0 Å². The van der Waals surface area contributed by atoms with Gasteiger partial charge in [-0.2, -0.15) is 0 Å². The van der Waals surface area contributed by atoms with Gasteiger partial charge in [-0.25, -0.2) is 8.78 Å². The van der Waals surface area contributed by atoms with Gasteiger partial charge < -0.3 is 10.6 Å². The third-order valence-corrected chi connectivity index (χ3v) is 3.20. The average molecular weight is 291 g/mol. The Bertz CT molecular complexity index is 436. The second-order valence-corrected chi connectivity index (χ2v) is 4.62. The van der Waals surface area contributed by atoms with Crippen molar-refractivity contribution in [1.29, 1.82) is 0 Å². The molecule has 1 aliphatic heterocycles. The van der Waals surface area contributed by atoms with E-state index >= 15 is 0 Å².